The molecule has 0 aromatic heterocycles. The molecule has 0 bridgehead atoms. The number of hydrogen-bond donors (Lipinski definition) is 1. The van der Waals surface area contributed by atoms with E-state index in [9.17, 15) is 9.90 Å². The lowest BCUT2D eigenvalue weighted by atomic mass is 10.0. The first-order valence-electron chi connectivity index (χ1n) is 7.56. The third-order valence-electron chi connectivity index (χ3n) is 3.77. The summed E-state index contributed by atoms with van der Waals surface area (Å²) in [7, 11) is 1.73. The predicted octanol–water partition coefficient (Wildman–Crippen LogP) is 4.43. The van der Waals surface area contributed by atoms with Gasteiger partial charge in [-0.05, 0) is 55.7 Å². The molecule has 2 aromatic rings. The van der Waals surface area contributed by atoms with Crippen molar-refractivity contribution in [1.82, 2.24) is 4.90 Å². The molecule has 0 spiro atoms. The number of rotatable bonds is 3. The molecule has 0 fully saturated rings. The van der Waals surface area contributed by atoms with Gasteiger partial charge in [-0.3, -0.25) is 0 Å². The number of benzene rings is 2. The third-order valence-corrected chi connectivity index (χ3v) is 3.77. The SMILES string of the molecule is CN(C(=O)OCc1cccc(-c2ccc(O)cc2)c1)C(C)(C)C. The molecule has 0 saturated heterocycles. The van der Waals surface area contributed by atoms with E-state index >= 15 is 0 Å². The van der Waals surface area contributed by atoms with Crippen molar-refractivity contribution in [3.8, 4) is 16.9 Å². The fraction of sp³-hybridized carbons (Fsp3) is 0.316. The Bertz CT molecular complexity index is 672. The summed E-state index contributed by atoms with van der Waals surface area (Å²) in [5, 5.41) is 9.36. The van der Waals surface area contributed by atoms with Gasteiger partial charge in [0.2, 0.25) is 0 Å². The summed E-state index contributed by atoms with van der Waals surface area (Å²) in [6, 6.07) is 14.8. The lowest BCUT2D eigenvalue weighted by Gasteiger charge is -2.30. The molecule has 0 heterocycles. The number of aromatic hydroxyl groups is 1. The van der Waals surface area contributed by atoms with Gasteiger partial charge in [0.1, 0.15) is 12.4 Å². The second kappa shape index (κ2) is 6.73. The van der Waals surface area contributed by atoms with E-state index in [-0.39, 0.29) is 24.0 Å². The molecule has 0 aliphatic heterocycles. The minimum atomic E-state index is -0.340. The lowest BCUT2D eigenvalue weighted by Crippen LogP contribution is -2.42. The molecule has 0 aliphatic rings. The Morgan fingerprint density at radius 2 is 1.74 bits per heavy atom. The topological polar surface area (TPSA) is 49.8 Å². The number of hydrogen-bond acceptors (Lipinski definition) is 3. The molecule has 1 N–H and O–H groups in total. The van der Waals surface area contributed by atoms with Crippen LogP contribution in [0.5, 0.6) is 5.75 Å². The Morgan fingerprint density at radius 1 is 1.09 bits per heavy atom. The Kier molecular flexibility index (Phi) is 4.94. The van der Waals surface area contributed by atoms with E-state index in [2.05, 4.69) is 0 Å². The number of carbonyl (C=O) groups excluding carboxylic acids is 1. The minimum Gasteiger partial charge on any atom is -0.508 e. The van der Waals surface area contributed by atoms with Crippen LogP contribution < -0.4 is 0 Å². The van der Waals surface area contributed by atoms with Gasteiger partial charge >= 0.3 is 6.09 Å². The zero-order valence-corrected chi connectivity index (χ0v) is 14.0. The molecule has 2 aromatic carbocycles. The van der Waals surface area contributed by atoms with E-state index in [4.69, 9.17) is 4.74 Å². The maximum Gasteiger partial charge on any atom is 0.410 e. The number of carbonyl (C=O) groups is 1. The van der Waals surface area contributed by atoms with Crippen LogP contribution in [0.3, 0.4) is 0 Å². The summed E-state index contributed by atoms with van der Waals surface area (Å²) in [5.41, 5.74) is 2.67. The van der Waals surface area contributed by atoms with E-state index in [1.807, 2.05) is 57.2 Å². The maximum absolute atomic E-state index is 12.0. The normalized spacial score (nSPS) is 11.1. The van der Waals surface area contributed by atoms with Gasteiger partial charge < -0.3 is 14.7 Å². The monoisotopic (exact) mass is 313 g/mol. The molecule has 4 nitrogen and oxygen atoms in total. The van der Waals surface area contributed by atoms with Crippen molar-refractivity contribution in [2.75, 3.05) is 7.05 Å². The van der Waals surface area contributed by atoms with Crippen LogP contribution in [-0.2, 0) is 11.3 Å². The summed E-state index contributed by atoms with van der Waals surface area (Å²) in [6.45, 7) is 6.10. The lowest BCUT2D eigenvalue weighted by molar-refractivity contribution is 0.0759. The van der Waals surface area contributed by atoms with Crippen LogP contribution in [-0.4, -0.2) is 28.7 Å². The Hall–Kier alpha value is -2.49. The van der Waals surface area contributed by atoms with Crippen molar-refractivity contribution in [1.29, 1.82) is 0 Å². The molecule has 2 rings (SSSR count). The van der Waals surface area contributed by atoms with E-state index in [0.29, 0.717) is 0 Å². The summed E-state index contributed by atoms with van der Waals surface area (Å²) < 4.78 is 5.37. The molecule has 0 saturated carbocycles. The van der Waals surface area contributed by atoms with Gasteiger partial charge in [0, 0.05) is 12.6 Å². The van der Waals surface area contributed by atoms with Crippen LogP contribution in [0.15, 0.2) is 48.5 Å². The minimum absolute atomic E-state index is 0.227. The predicted molar refractivity (Wildman–Crippen MR) is 91.2 cm³/mol. The van der Waals surface area contributed by atoms with Gasteiger partial charge in [-0.2, -0.15) is 0 Å². The molecule has 1 amide bonds. The molecular weight excluding hydrogens is 290 g/mol. The molecule has 0 aliphatic carbocycles. The van der Waals surface area contributed by atoms with E-state index < -0.39 is 0 Å². The number of ether oxygens (including phenoxy) is 1. The largest absolute Gasteiger partial charge is 0.508 e. The number of phenolic OH excluding ortho intramolecular Hbond substituents is 1. The highest BCUT2D eigenvalue weighted by Crippen LogP contribution is 2.23. The number of phenols is 1. The zero-order valence-electron chi connectivity index (χ0n) is 14.0. The fourth-order valence-corrected chi connectivity index (χ4v) is 2.01. The first-order chi connectivity index (χ1) is 10.8. The van der Waals surface area contributed by atoms with Crippen LogP contribution >= 0.6 is 0 Å². The number of nitrogens with zero attached hydrogens (tertiary/aromatic N) is 1. The Morgan fingerprint density at radius 3 is 2.35 bits per heavy atom. The van der Waals surface area contributed by atoms with Crippen molar-refractivity contribution >= 4 is 6.09 Å². The molecule has 23 heavy (non-hydrogen) atoms. The molecule has 0 atom stereocenters. The van der Waals surface area contributed by atoms with Gasteiger partial charge in [0.05, 0.1) is 0 Å². The van der Waals surface area contributed by atoms with Crippen molar-refractivity contribution in [3.63, 3.8) is 0 Å². The molecule has 122 valence electrons. The summed E-state index contributed by atoms with van der Waals surface area (Å²) in [6.07, 6.45) is -0.340. The summed E-state index contributed by atoms with van der Waals surface area (Å²) >= 11 is 0. The van der Waals surface area contributed by atoms with Crippen LogP contribution in [0.2, 0.25) is 0 Å². The number of amides is 1. The van der Waals surface area contributed by atoms with E-state index in [1.165, 1.54) is 0 Å². The van der Waals surface area contributed by atoms with Crippen molar-refractivity contribution in [2.24, 2.45) is 0 Å². The first-order valence-corrected chi connectivity index (χ1v) is 7.56. The first kappa shape index (κ1) is 16.9. The second-order valence-electron chi connectivity index (χ2n) is 6.53. The van der Waals surface area contributed by atoms with E-state index in [1.54, 1.807) is 24.1 Å². The third kappa shape index (κ3) is 4.49. The highest BCUT2D eigenvalue weighted by molar-refractivity contribution is 5.68. The smallest absolute Gasteiger partial charge is 0.410 e. The van der Waals surface area contributed by atoms with E-state index in [0.717, 1.165) is 16.7 Å². The van der Waals surface area contributed by atoms with Crippen LogP contribution in [0.4, 0.5) is 4.79 Å². The second-order valence-corrected chi connectivity index (χ2v) is 6.53. The van der Waals surface area contributed by atoms with Gasteiger partial charge in [0.15, 0.2) is 0 Å². The van der Waals surface area contributed by atoms with Gasteiger partial charge in [-0.25, -0.2) is 4.79 Å². The van der Waals surface area contributed by atoms with Gasteiger partial charge in [-0.15, -0.1) is 0 Å². The fourth-order valence-electron chi connectivity index (χ4n) is 2.01. The van der Waals surface area contributed by atoms with Crippen molar-refractivity contribution in [3.05, 3.63) is 54.1 Å². The van der Waals surface area contributed by atoms with Gasteiger partial charge in [0.25, 0.3) is 0 Å². The van der Waals surface area contributed by atoms with Crippen LogP contribution in [0.25, 0.3) is 11.1 Å². The zero-order chi connectivity index (χ0) is 17.0. The Labute approximate surface area is 137 Å². The molecular formula is C19H23NO3. The van der Waals surface area contributed by atoms with Crippen LogP contribution in [0, 0.1) is 0 Å². The highest BCUT2D eigenvalue weighted by atomic mass is 16.6. The van der Waals surface area contributed by atoms with Crippen molar-refractivity contribution in [2.45, 2.75) is 32.9 Å². The average molecular weight is 313 g/mol. The summed E-state index contributed by atoms with van der Waals surface area (Å²) in [4.78, 5) is 13.6. The molecule has 0 unspecified atom stereocenters. The standard InChI is InChI=1S/C19H23NO3/c1-19(2,3)20(4)18(22)23-13-14-6-5-7-16(12-14)15-8-10-17(21)11-9-15/h5-12,21H,13H2,1-4H3. The molecule has 4 heteroatoms. The quantitative estimate of drug-likeness (QED) is 0.912. The van der Waals surface area contributed by atoms with Gasteiger partial charge in [-0.1, -0.05) is 30.3 Å². The molecule has 0 radical (unpaired) electrons. The van der Waals surface area contributed by atoms with Crippen molar-refractivity contribution < 1.29 is 14.6 Å². The highest BCUT2D eigenvalue weighted by Gasteiger charge is 2.23. The average Bonchev–Trinajstić information content (AvgIpc) is 2.52. The maximum atomic E-state index is 12.0. The summed E-state index contributed by atoms with van der Waals surface area (Å²) in [5.74, 6) is 0.240. The van der Waals surface area contributed by atoms with Crippen LogP contribution in [0.1, 0.15) is 26.3 Å². The Balaban J connectivity index is 2.06.